The smallest absolute Gasteiger partial charge is 0.305 e. The molecular formula is C30H29Cl2N3O4S. The van der Waals surface area contributed by atoms with Crippen LogP contribution in [-0.2, 0) is 21.4 Å². The largest absolute Gasteiger partial charge is 0.481 e. The molecule has 1 aromatic heterocycles. The first-order valence-corrected chi connectivity index (χ1v) is 14.2. The van der Waals surface area contributed by atoms with Crippen molar-refractivity contribution in [2.45, 2.75) is 44.9 Å². The summed E-state index contributed by atoms with van der Waals surface area (Å²) in [6.45, 7) is 6.45. The number of carbonyl (C=O) groups is 3. The van der Waals surface area contributed by atoms with Gasteiger partial charge in [0, 0.05) is 17.1 Å². The van der Waals surface area contributed by atoms with E-state index in [0.29, 0.717) is 32.7 Å². The number of benzene rings is 3. The molecule has 7 nitrogen and oxygen atoms in total. The first kappa shape index (κ1) is 29.5. The van der Waals surface area contributed by atoms with Crippen LogP contribution in [0.25, 0.3) is 10.2 Å². The minimum Gasteiger partial charge on any atom is -0.481 e. The molecule has 4 rings (SSSR count). The quantitative estimate of drug-likeness (QED) is 0.191. The molecule has 0 aliphatic rings. The molecule has 3 aromatic carbocycles. The van der Waals surface area contributed by atoms with Crippen LogP contribution in [0.3, 0.4) is 0 Å². The lowest BCUT2D eigenvalue weighted by atomic mass is 9.84. The van der Waals surface area contributed by atoms with Gasteiger partial charge in [0.25, 0.3) is 5.91 Å². The molecule has 4 aromatic rings. The monoisotopic (exact) mass is 597 g/mol. The summed E-state index contributed by atoms with van der Waals surface area (Å²) in [4.78, 5) is 41.2. The van der Waals surface area contributed by atoms with Gasteiger partial charge in [-0.05, 0) is 52.8 Å². The molecular weight excluding hydrogens is 569 g/mol. The summed E-state index contributed by atoms with van der Waals surface area (Å²) in [5, 5.41) is 15.7. The summed E-state index contributed by atoms with van der Waals surface area (Å²) >= 11 is 13.7. The fourth-order valence-corrected chi connectivity index (χ4v) is 5.78. The molecule has 208 valence electrons. The fraction of sp³-hybridized carbons (Fsp3) is 0.267. The number of aliphatic carboxylic acids is 1. The van der Waals surface area contributed by atoms with Crippen LogP contribution < -0.4 is 10.6 Å². The Morgan fingerprint density at radius 3 is 2.30 bits per heavy atom. The van der Waals surface area contributed by atoms with E-state index in [-0.39, 0.29) is 30.2 Å². The summed E-state index contributed by atoms with van der Waals surface area (Å²) < 4.78 is 0.774. The number of carboxylic acid groups (broad SMARTS) is 1. The van der Waals surface area contributed by atoms with Gasteiger partial charge in [0.05, 0.1) is 22.1 Å². The number of thiazole rings is 1. The number of nitrogens with one attached hydrogen (secondary N) is 2. The van der Waals surface area contributed by atoms with Crippen molar-refractivity contribution < 1.29 is 19.5 Å². The molecule has 1 heterocycles. The molecule has 0 aliphatic carbocycles. The van der Waals surface area contributed by atoms with Crippen LogP contribution in [0.1, 0.15) is 60.2 Å². The average Bonchev–Trinajstić information content (AvgIpc) is 3.29. The van der Waals surface area contributed by atoms with E-state index in [2.05, 4.69) is 36.4 Å². The lowest BCUT2D eigenvalue weighted by Crippen LogP contribution is -2.26. The predicted octanol–water partition coefficient (Wildman–Crippen LogP) is 7.07. The zero-order valence-electron chi connectivity index (χ0n) is 22.3. The number of carboxylic acids is 1. The van der Waals surface area contributed by atoms with Gasteiger partial charge >= 0.3 is 5.97 Å². The van der Waals surface area contributed by atoms with E-state index in [0.717, 1.165) is 21.4 Å². The molecule has 3 N–H and O–H groups in total. The molecule has 0 saturated heterocycles. The van der Waals surface area contributed by atoms with E-state index in [1.807, 2.05) is 24.3 Å². The number of amides is 2. The Kier molecular flexibility index (Phi) is 9.13. The summed E-state index contributed by atoms with van der Waals surface area (Å²) in [7, 11) is 0. The third-order valence-corrected chi connectivity index (χ3v) is 7.84. The van der Waals surface area contributed by atoms with Crippen molar-refractivity contribution in [1.29, 1.82) is 0 Å². The van der Waals surface area contributed by atoms with Crippen molar-refractivity contribution in [2.24, 2.45) is 0 Å². The minimum absolute atomic E-state index is 0.0291. The Balaban J connectivity index is 1.57. The van der Waals surface area contributed by atoms with Crippen molar-refractivity contribution in [1.82, 2.24) is 10.3 Å². The lowest BCUT2D eigenvalue weighted by Gasteiger charge is -2.21. The number of aromatic nitrogens is 1. The van der Waals surface area contributed by atoms with Gasteiger partial charge in [0.15, 0.2) is 5.13 Å². The Morgan fingerprint density at radius 1 is 1.00 bits per heavy atom. The molecule has 0 radical (unpaired) electrons. The summed E-state index contributed by atoms with van der Waals surface area (Å²) in [5.41, 5.74) is 3.83. The molecule has 1 atom stereocenters. The normalized spacial score (nSPS) is 12.2. The molecule has 40 heavy (non-hydrogen) atoms. The van der Waals surface area contributed by atoms with Crippen molar-refractivity contribution in [3.63, 3.8) is 0 Å². The van der Waals surface area contributed by atoms with E-state index in [1.165, 1.54) is 11.3 Å². The zero-order valence-corrected chi connectivity index (χ0v) is 24.6. The van der Waals surface area contributed by atoms with E-state index < -0.39 is 11.9 Å². The maximum atomic E-state index is 13.7. The maximum absolute atomic E-state index is 13.7. The third kappa shape index (κ3) is 7.38. The maximum Gasteiger partial charge on any atom is 0.305 e. The fourth-order valence-electron chi connectivity index (χ4n) is 4.19. The summed E-state index contributed by atoms with van der Waals surface area (Å²) in [5.74, 6) is -2.08. The molecule has 0 saturated carbocycles. The highest BCUT2D eigenvalue weighted by Crippen LogP contribution is 2.35. The summed E-state index contributed by atoms with van der Waals surface area (Å²) in [6.07, 6.45) is 0.238. The van der Waals surface area contributed by atoms with Crippen LogP contribution in [0, 0.1) is 0 Å². The van der Waals surface area contributed by atoms with E-state index in [9.17, 15) is 14.4 Å². The second-order valence-electron chi connectivity index (χ2n) is 10.5. The molecule has 0 aliphatic heterocycles. The highest BCUT2D eigenvalue weighted by atomic mass is 35.5. The molecule has 0 fully saturated rings. The van der Waals surface area contributed by atoms with Gasteiger partial charge in [0.2, 0.25) is 5.91 Å². The predicted molar refractivity (Wildman–Crippen MR) is 161 cm³/mol. The van der Waals surface area contributed by atoms with E-state index in [1.54, 1.807) is 36.4 Å². The number of fused-ring (bicyclic) bond motifs is 1. The van der Waals surface area contributed by atoms with Crippen LogP contribution in [0.4, 0.5) is 5.13 Å². The topological polar surface area (TPSA) is 108 Å². The Labute approximate surface area is 246 Å². The summed E-state index contributed by atoms with van der Waals surface area (Å²) in [6, 6.07) is 18.4. The zero-order chi connectivity index (χ0) is 29.0. The number of hydrogen-bond donors (Lipinski definition) is 3. The number of anilines is 1. The second-order valence-corrected chi connectivity index (χ2v) is 12.3. The van der Waals surface area contributed by atoms with Gasteiger partial charge in [-0.25, -0.2) is 4.98 Å². The molecule has 2 amide bonds. The van der Waals surface area contributed by atoms with Crippen LogP contribution in [0.5, 0.6) is 0 Å². The number of halogens is 2. The van der Waals surface area contributed by atoms with Gasteiger partial charge < -0.3 is 15.7 Å². The highest BCUT2D eigenvalue weighted by Gasteiger charge is 2.24. The SMILES string of the molecule is CC(C)(C)c1ccc(C(Cc2ccc(C(=O)NCCC(=O)O)cc2)C(=O)Nc2nc3c(Cl)cc(Cl)cc3s2)cc1. The van der Waals surface area contributed by atoms with E-state index in [4.69, 9.17) is 28.3 Å². The lowest BCUT2D eigenvalue weighted by molar-refractivity contribution is -0.136. The molecule has 1 unspecified atom stereocenters. The Hall–Kier alpha value is -3.46. The first-order chi connectivity index (χ1) is 18.9. The van der Waals surface area contributed by atoms with Crippen molar-refractivity contribution >= 4 is 67.7 Å². The average molecular weight is 599 g/mol. The first-order valence-electron chi connectivity index (χ1n) is 12.7. The van der Waals surface area contributed by atoms with Gasteiger partial charge in [0.1, 0.15) is 5.52 Å². The van der Waals surface area contributed by atoms with Crippen LogP contribution >= 0.6 is 34.5 Å². The van der Waals surface area contributed by atoms with Crippen molar-refractivity contribution in [3.8, 4) is 0 Å². The van der Waals surface area contributed by atoms with Gasteiger partial charge in [-0.15, -0.1) is 0 Å². The Morgan fingerprint density at radius 2 is 1.68 bits per heavy atom. The van der Waals surface area contributed by atoms with Crippen LogP contribution in [0.2, 0.25) is 10.0 Å². The van der Waals surface area contributed by atoms with Crippen LogP contribution in [-0.4, -0.2) is 34.4 Å². The Bertz CT molecular complexity index is 1540. The van der Waals surface area contributed by atoms with Crippen LogP contribution in [0.15, 0.2) is 60.7 Å². The van der Waals surface area contributed by atoms with E-state index >= 15 is 0 Å². The number of carbonyl (C=O) groups excluding carboxylic acids is 2. The van der Waals surface area contributed by atoms with Gasteiger partial charge in [-0.1, -0.05) is 91.7 Å². The number of rotatable bonds is 9. The number of hydrogen-bond acceptors (Lipinski definition) is 5. The van der Waals surface area contributed by atoms with Gasteiger partial charge in [-0.3, -0.25) is 14.4 Å². The van der Waals surface area contributed by atoms with Gasteiger partial charge in [-0.2, -0.15) is 0 Å². The minimum atomic E-state index is -0.978. The number of nitrogens with zero attached hydrogens (tertiary/aromatic N) is 1. The molecule has 10 heteroatoms. The molecule has 0 spiro atoms. The second kappa shape index (κ2) is 12.4. The third-order valence-electron chi connectivity index (χ3n) is 6.42. The highest BCUT2D eigenvalue weighted by molar-refractivity contribution is 7.22. The van der Waals surface area contributed by atoms with Crippen molar-refractivity contribution in [3.05, 3.63) is 93.0 Å². The molecule has 0 bridgehead atoms. The standard InChI is InChI=1S/C30H29Cl2N3O4S/c1-30(2,3)20-10-8-18(9-11-20)22(14-17-4-6-19(7-5-17)27(38)33-13-12-25(36)37)28(39)35-29-34-26-23(32)15-21(31)16-24(26)40-29/h4-11,15-16,22H,12-14H2,1-3H3,(H,33,38)(H,36,37)(H,34,35,39). The van der Waals surface area contributed by atoms with Crippen molar-refractivity contribution in [2.75, 3.05) is 11.9 Å².